The fraction of sp³-hybridized carbons (Fsp3) is 0.0667. The number of hydrogen-bond acceptors (Lipinski definition) is 2. The Morgan fingerprint density at radius 3 is 1.26 bits per heavy atom. The Hall–Kier alpha value is -10.5. The lowest BCUT2D eigenvalue weighted by molar-refractivity contribution is 0.666. The van der Waals surface area contributed by atoms with E-state index >= 15 is 0 Å². The molecule has 0 radical (unpaired) electrons. The van der Waals surface area contributed by atoms with Crippen molar-refractivity contribution in [3.63, 3.8) is 0 Å². The van der Waals surface area contributed by atoms with E-state index in [4.69, 9.17) is 0 Å². The van der Waals surface area contributed by atoms with E-state index in [-0.39, 0.29) is 10.8 Å². The van der Waals surface area contributed by atoms with Crippen LogP contribution in [0.4, 0.5) is 0 Å². The van der Waals surface area contributed by atoms with E-state index < -0.39 is 0 Å². The molecule has 0 nitrogen and oxygen atoms in total. The largest absolute Gasteiger partial charge is 0.135 e. The zero-order valence-electron chi connectivity index (χ0n) is 51.4. The van der Waals surface area contributed by atoms with Crippen molar-refractivity contribution in [2.45, 2.75) is 38.5 Å². The molecule has 20 rings (SSSR count). The highest BCUT2D eigenvalue weighted by molar-refractivity contribution is 7.27. The molecule has 2 aliphatic rings. The van der Waals surface area contributed by atoms with Crippen LogP contribution in [0.15, 0.2) is 279 Å². The van der Waals surface area contributed by atoms with Gasteiger partial charge in [0.15, 0.2) is 0 Å². The fourth-order valence-corrected chi connectivity index (χ4v) is 19.8. The third kappa shape index (κ3) is 7.11. The van der Waals surface area contributed by atoms with E-state index in [1.165, 1.54) is 205 Å². The molecule has 92 heavy (non-hydrogen) atoms. The summed E-state index contributed by atoms with van der Waals surface area (Å²) in [6.45, 7) is 9.85. The average molecular weight is 1200 g/mol. The highest BCUT2D eigenvalue weighted by Crippen LogP contribution is 2.60. The SMILES string of the molecule is CC1(C)c2cc(-c3c4ccccc4c(-c4ccccc4)c4ccccc34)ccc2-c2c1c1cc(-c3ccc4c(c3)sc3ccc5c6c(ccc5c34)-c3cc(-c4c5ccccc5c(-c5ccccc5)c5ccccc45)ccc3C6(C)C)ccc1c1sc3ccccc3c21. The molecule has 0 amide bonds. The zero-order chi connectivity index (χ0) is 60.9. The van der Waals surface area contributed by atoms with Gasteiger partial charge in [0.05, 0.1) is 0 Å². The molecule has 2 heteroatoms. The van der Waals surface area contributed by atoms with Gasteiger partial charge in [-0.3, -0.25) is 0 Å². The Balaban J connectivity index is 0.719. The monoisotopic (exact) mass is 1200 g/mol. The zero-order valence-corrected chi connectivity index (χ0v) is 53.0. The highest BCUT2D eigenvalue weighted by atomic mass is 32.1. The Bertz CT molecular complexity index is 6170. The van der Waals surface area contributed by atoms with Crippen molar-refractivity contribution in [1.29, 1.82) is 0 Å². The maximum atomic E-state index is 2.56. The summed E-state index contributed by atoms with van der Waals surface area (Å²) in [5, 5.41) is 21.0. The van der Waals surface area contributed by atoms with E-state index in [2.05, 4.69) is 307 Å². The van der Waals surface area contributed by atoms with Crippen molar-refractivity contribution in [3.05, 3.63) is 301 Å². The minimum atomic E-state index is -0.307. The van der Waals surface area contributed by atoms with E-state index in [0.717, 1.165) is 0 Å². The number of hydrogen-bond donors (Lipinski definition) is 0. The Kier molecular flexibility index (Phi) is 10.8. The van der Waals surface area contributed by atoms with E-state index in [9.17, 15) is 0 Å². The summed E-state index contributed by atoms with van der Waals surface area (Å²) in [5.41, 5.74) is 23.2. The van der Waals surface area contributed by atoms with Crippen molar-refractivity contribution in [2.24, 2.45) is 0 Å². The molecule has 0 atom stereocenters. The lowest BCUT2D eigenvalue weighted by Gasteiger charge is -2.25. The molecular weight excluding hydrogens is 1150 g/mol. The summed E-state index contributed by atoms with van der Waals surface area (Å²) < 4.78 is 5.35. The van der Waals surface area contributed by atoms with Gasteiger partial charge in [0.1, 0.15) is 0 Å². The van der Waals surface area contributed by atoms with Gasteiger partial charge in [-0.15, -0.1) is 22.7 Å². The second-order valence-corrected chi connectivity index (χ2v) is 29.0. The highest BCUT2D eigenvalue weighted by Gasteiger charge is 2.41. The molecule has 0 saturated carbocycles. The molecular formula is C90H58S2. The molecule has 0 saturated heterocycles. The normalized spacial score (nSPS) is 13.8. The van der Waals surface area contributed by atoms with E-state index in [0.29, 0.717) is 0 Å². The van der Waals surface area contributed by atoms with Crippen LogP contribution < -0.4 is 0 Å². The topological polar surface area (TPSA) is 0 Å². The van der Waals surface area contributed by atoms with Crippen molar-refractivity contribution in [3.8, 4) is 77.9 Å². The number of fused-ring (bicyclic) bond motifs is 23. The standard InChI is InChI=1S/C90H58S2/c1-89(2)74-45-38-55(81-61-29-15-11-25-57(61)79(51-21-7-5-8-22-51)58-26-12-16-30-62(58)81)48-72(74)67-43-42-65-66(86(67)89)44-46-77-83(65)71-41-36-54(50-78(71)91-77)53-35-39-68-73(47-53)87-84(85-70-33-19-20-34-76(70)92-88(68)85)69-40-37-56(49-75(69)90(87,3)4)82-63-31-17-13-27-59(63)80(52-23-9-6-10-24-52)60-28-14-18-32-64(60)82/h5-50H,1-4H3. The lowest BCUT2D eigenvalue weighted by Crippen LogP contribution is -2.15. The smallest absolute Gasteiger partial charge is 0.0440 e. The Morgan fingerprint density at radius 2 is 0.663 bits per heavy atom. The van der Waals surface area contributed by atoms with Gasteiger partial charge in [0, 0.05) is 51.2 Å². The molecule has 2 aliphatic carbocycles. The lowest BCUT2D eigenvalue weighted by atomic mass is 9.78. The molecule has 0 unspecified atom stereocenters. The van der Waals surface area contributed by atoms with Crippen molar-refractivity contribution in [2.75, 3.05) is 0 Å². The van der Waals surface area contributed by atoms with Crippen LogP contribution in [0.3, 0.4) is 0 Å². The van der Waals surface area contributed by atoms with Crippen LogP contribution in [0.5, 0.6) is 0 Å². The van der Waals surface area contributed by atoms with Crippen LogP contribution in [-0.2, 0) is 10.8 Å². The maximum Gasteiger partial charge on any atom is 0.0440 e. The van der Waals surface area contributed by atoms with Gasteiger partial charge in [0.2, 0.25) is 0 Å². The van der Waals surface area contributed by atoms with Crippen molar-refractivity contribution in [1.82, 2.24) is 0 Å². The van der Waals surface area contributed by atoms with Crippen molar-refractivity contribution < 1.29 is 0 Å². The predicted molar refractivity (Wildman–Crippen MR) is 400 cm³/mol. The van der Waals surface area contributed by atoms with Gasteiger partial charge >= 0.3 is 0 Å². The molecule has 16 aromatic carbocycles. The van der Waals surface area contributed by atoms with Crippen LogP contribution in [-0.4, -0.2) is 0 Å². The molecule has 2 aromatic heterocycles. The molecule has 2 heterocycles. The summed E-state index contributed by atoms with van der Waals surface area (Å²) in [6.07, 6.45) is 0. The third-order valence-electron chi connectivity index (χ3n) is 21.4. The molecule has 0 fully saturated rings. The molecule has 0 N–H and O–H groups in total. The first-order valence-electron chi connectivity index (χ1n) is 32.3. The molecule has 0 aliphatic heterocycles. The van der Waals surface area contributed by atoms with Gasteiger partial charge in [-0.1, -0.05) is 270 Å². The summed E-state index contributed by atoms with van der Waals surface area (Å²) in [6, 6.07) is 106. The third-order valence-corrected chi connectivity index (χ3v) is 23.7. The van der Waals surface area contributed by atoms with Gasteiger partial charge in [-0.05, 0) is 201 Å². The van der Waals surface area contributed by atoms with Gasteiger partial charge in [0.25, 0.3) is 0 Å². The van der Waals surface area contributed by atoms with E-state index in [1.807, 2.05) is 22.7 Å². The number of rotatable bonds is 5. The summed E-state index contributed by atoms with van der Waals surface area (Å²) >= 11 is 3.87. The van der Waals surface area contributed by atoms with Crippen molar-refractivity contribution >= 4 is 128 Å². The molecule has 0 bridgehead atoms. The van der Waals surface area contributed by atoms with E-state index in [1.54, 1.807) is 0 Å². The first-order chi connectivity index (χ1) is 45.2. The molecule has 430 valence electrons. The predicted octanol–water partition coefficient (Wildman–Crippen LogP) is 26.3. The summed E-state index contributed by atoms with van der Waals surface area (Å²) in [7, 11) is 0. The fourth-order valence-electron chi connectivity index (χ4n) is 17.4. The van der Waals surface area contributed by atoms with Crippen LogP contribution in [0.2, 0.25) is 0 Å². The van der Waals surface area contributed by atoms with Gasteiger partial charge in [-0.25, -0.2) is 0 Å². The number of thiophene rings is 2. The first kappa shape index (κ1) is 52.3. The summed E-state index contributed by atoms with van der Waals surface area (Å²) in [4.78, 5) is 0. The Morgan fingerprint density at radius 1 is 0.217 bits per heavy atom. The maximum absolute atomic E-state index is 2.56. The minimum absolute atomic E-state index is 0.203. The van der Waals surface area contributed by atoms with Crippen LogP contribution in [0.1, 0.15) is 49.9 Å². The quantitative estimate of drug-likeness (QED) is 0.151. The van der Waals surface area contributed by atoms with Gasteiger partial charge < -0.3 is 0 Å². The first-order valence-corrected chi connectivity index (χ1v) is 33.9. The number of benzene rings is 16. The second-order valence-electron chi connectivity index (χ2n) is 26.8. The average Bonchev–Trinajstić information content (AvgIpc) is 1.55. The minimum Gasteiger partial charge on any atom is -0.135 e. The van der Waals surface area contributed by atoms with Crippen LogP contribution in [0, 0.1) is 0 Å². The van der Waals surface area contributed by atoms with Gasteiger partial charge in [-0.2, -0.15) is 0 Å². The second kappa shape index (κ2) is 19.0. The Labute approximate surface area is 541 Å². The molecule has 18 aromatic rings. The van der Waals surface area contributed by atoms with Crippen LogP contribution in [0.25, 0.3) is 183 Å². The van der Waals surface area contributed by atoms with Crippen LogP contribution >= 0.6 is 22.7 Å². The molecule has 0 spiro atoms. The summed E-state index contributed by atoms with van der Waals surface area (Å²) in [5.74, 6) is 0.